The normalized spacial score (nSPS) is 15.4. The number of carbonyl (C=O) groups excluding carboxylic acids is 24. The van der Waals surface area contributed by atoms with Crippen LogP contribution < -0.4 is 60.2 Å². The molecule has 16 N–H and O–H groups in total. The zero-order valence-corrected chi connectivity index (χ0v) is 77.7. The Balaban J connectivity index is 0.000000874. The second-order valence-corrected chi connectivity index (χ2v) is 36.6. The SMILES string of the molecule is CC(C)(C)C(=O)[C@H](CCCNC(N)=O)CC(=O)[C@H](CC(N)=O)NC(=O)CCN1C(=O)C=CC1=O.CC(C)(C)C(=O)[C@H](CCCNC(N)=O)CC(=O)[C@H](CCCNC(N)=O)NC(=O)CCN1C(=O)C=CC1=O.CC(C)[C@H](NC(=O)CCCCCN1C(=O)C=CC1=O)C(=O)C[C@@H](CCC(=O)O)C(=O)C(C)(C)C.C[C@H](CC(=O)[C@H](C)NC(=O)CCN1C(=O)C=CC1=O)C(=O)C(C)(C)C. The Labute approximate surface area is 757 Å². The second kappa shape index (κ2) is 55.4. The molecule has 0 saturated heterocycles. The summed E-state index contributed by atoms with van der Waals surface area (Å²) in [6.45, 7) is 28.5. The predicted octanol–water partition coefficient (Wildman–Crippen LogP) is 2.86. The summed E-state index contributed by atoms with van der Waals surface area (Å²) < 4.78 is 0. The van der Waals surface area contributed by atoms with Crippen molar-refractivity contribution in [2.45, 2.75) is 263 Å². The number of hydrogen-bond acceptors (Lipinski definition) is 25. The number of carbonyl (C=O) groups is 25. The van der Waals surface area contributed by atoms with Gasteiger partial charge in [0.25, 0.3) is 47.3 Å². The van der Waals surface area contributed by atoms with E-state index in [-0.39, 0.29) is 180 Å². The number of unbranched alkanes of at least 4 members (excludes halogenated alkanes) is 2. The third-order valence-corrected chi connectivity index (χ3v) is 20.7. The molecule has 8 atom stereocenters. The number of hydrogen-bond donors (Lipinski definition) is 12. The van der Waals surface area contributed by atoms with Gasteiger partial charge in [-0.2, -0.15) is 0 Å². The predicted molar refractivity (Wildman–Crippen MR) is 471 cm³/mol. The highest BCUT2D eigenvalue weighted by Gasteiger charge is 2.39. The van der Waals surface area contributed by atoms with E-state index in [1.807, 2.05) is 0 Å². The van der Waals surface area contributed by atoms with Gasteiger partial charge in [-0.15, -0.1) is 0 Å². The zero-order chi connectivity index (χ0) is 99.6. The summed E-state index contributed by atoms with van der Waals surface area (Å²) >= 11 is 0. The number of amides is 19. The van der Waals surface area contributed by atoms with Crippen LogP contribution in [0.1, 0.15) is 239 Å². The van der Waals surface area contributed by atoms with Crippen molar-refractivity contribution in [1.82, 2.24) is 56.8 Å². The molecule has 0 radical (unpaired) electrons. The van der Waals surface area contributed by atoms with E-state index in [9.17, 15) is 120 Å². The molecule has 0 aliphatic carbocycles. The molecule has 0 bridgehead atoms. The van der Waals surface area contributed by atoms with Crippen LogP contribution in [0.3, 0.4) is 0 Å². The number of ketones is 8. The van der Waals surface area contributed by atoms with Gasteiger partial charge in [0.05, 0.1) is 30.6 Å². The molecular weight excluding hydrogens is 1700 g/mol. The summed E-state index contributed by atoms with van der Waals surface area (Å²) in [5.41, 5.74) is 17.7. The number of nitrogens with one attached hydrogen (secondary N) is 7. The average molecular weight is 1830 g/mol. The first-order valence-electron chi connectivity index (χ1n) is 43.3. The lowest BCUT2D eigenvalue weighted by Crippen LogP contribution is -2.46. The molecule has 19 amide bonds. The van der Waals surface area contributed by atoms with E-state index in [2.05, 4.69) is 37.2 Å². The molecule has 0 spiro atoms. The van der Waals surface area contributed by atoms with E-state index < -0.39 is 165 Å². The lowest BCUT2D eigenvalue weighted by Gasteiger charge is -2.27. The third kappa shape index (κ3) is 44.5. The second-order valence-electron chi connectivity index (χ2n) is 36.6. The van der Waals surface area contributed by atoms with Crippen molar-refractivity contribution in [1.29, 1.82) is 0 Å². The van der Waals surface area contributed by atoms with Crippen molar-refractivity contribution in [3.8, 4) is 0 Å². The van der Waals surface area contributed by atoms with E-state index in [1.165, 1.54) is 12.2 Å². The largest absolute Gasteiger partial charge is 0.481 e. The summed E-state index contributed by atoms with van der Waals surface area (Å²) in [5.74, 6) is -12.0. The Morgan fingerprint density at radius 2 is 0.631 bits per heavy atom. The maximum atomic E-state index is 13.3. The van der Waals surface area contributed by atoms with Crippen LogP contribution in [0.2, 0.25) is 0 Å². The van der Waals surface area contributed by atoms with Gasteiger partial charge >= 0.3 is 24.1 Å². The van der Waals surface area contributed by atoms with Crippen LogP contribution in [0.25, 0.3) is 0 Å². The van der Waals surface area contributed by atoms with Gasteiger partial charge in [-0.25, -0.2) is 14.4 Å². The molecule has 0 unspecified atom stereocenters. The van der Waals surface area contributed by atoms with Gasteiger partial charge in [-0.1, -0.05) is 110 Å². The number of primary amides is 4. The first-order valence-corrected chi connectivity index (χ1v) is 43.3. The first kappa shape index (κ1) is 116. The number of nitrogens with two attached hydrogens (primary N) is 4. The van der Waals surface area contributed by atoms with Crippen molar-refractivity contribution >= 4 is 147 Å². The monoisotopic (exact) mass is 1830 g/mol. The van der Waals surface area contributed by atoms with Crippen LogP contribution in [-0.2, 0) is 105 Å². The molecular formula is C89H135N15O26. The zero-order valence-electron chi connectivity index (χ0n) is 77.7. The maximum absolute atomic E-state index is 13.3. The minimum Gasteiger partial charge on any atom is -0.481 e. The van der Waals surface area contributed by atoms with Gasteiger partial charge in [-0.05, 0) is 70.6 Å². The Morgan fingerprint density at radius 1 is 0.323 bits per heavy atom. The van der Waals surface area contributed by atoms with E-state index in [1.54, 1.807) is 111 Å². The fourth-order valence-corrected chi connectivity index (χ4v) is 13.7. The molecule has 722 valence electrons. The van der Waals surface area contributed by atoms with E-state index in [0.29, 0.717) is 51.5 Å². The molecule has 41 nitrogen and oxygen atoms in total. The number of imide groups is 4. The number of Topliss-reactive ketones (excluding diaryl/α,β-unsaturated/α-hetero) is 8. The molecule has 41 heteroatoms. The molecule has 0 aromatic carbocycles. The molecule has 0 fully saturated rings. The Kier molecular flexibility index (Phi) is 49.2. The van der Waals surface area contributed by atoms with Crippen molar-refractivity contribution in [3.05, 3.63) is 48.6 Å². The summed E-state index contributed by atoms with van der Waals surface area (Å²) in [4.78, 5) is 303. The molecule has 0 aromatic rings. The van der Waals surface area contributed by atoms with Crippen LogP contribution in [-0.4, -0.2) is 242 Å². The van der Waals surface area contributed by atoms with Crippen LogP contribution in [0.4, 0.5) is 14.4 Å². The fourth-order valence-electron chi connectivity index (χ4n) is 13.7. The van der Waals surface area contributed by atoms with Crippen molar-refractivity contribution < 1.29 is 125 Å². The topological polar surface area (TPSA) is 648 Å². The van der Waals surface area contributed by atoms with E-state index in [4.69, 9.17) is 28.0 Å². The highest BCUT2D eigenvalue weighted by Crippen LogP contribution is 2.31. The molecule has 4 heterocycles. The van der Waals surface area contributed by atoms with Crippen molar-refractivity contribution in [3.63, 3.8) is 0 Å². The number of carboxylic acids is 1. The lowest BCUT2D eigenvalue weighted by molar-refractivity contribution is -0.140. The number of urea groups is 3. The summed E-state index contributed by atoms with van der Waals surface area (Å²) in [7, 11) is 0. The minimum absolute atomic E-state index is 0.00191. The van der Waals surface area contributed by atoms with Crippen molar-refractivity contribution in [2.24, 2.45) is 74.2 Å². The number of aliphatic carboxylic acids is 1. The minimum atomic E-state index is -1.26. The number of rotatable bonds is 53. The Hall–Kier alpha value is -12.5. The summed E-state index contributed by atoms with van der Waals surface area (Å²) in [5, 5.41) is 26.7. The molecule has 4 aliphatic heterocycles. The summed E-state index contributed by atoms with van der Waals surface area (Å²) in [6.07, 6.45) is 11.5. The van der Waals surface area contributed by atoms with Crippen LogP contribution in [0.15, 0.2) is 48.6 Å². The van der Waals surface area contributed by atoms with Crippen LogP contribution in [0, 0.1) is 51.2 Å². The van der Waals surface area contributed by atoms with E-state index >= 15 is 0 Å². The smallest absolute Gasteiger partial charge is 0.312 e. The van der Waals surface area contributed by atoms with Gasteiger partial charge in [-0.3, -0.25) is 125 Å². The van der Waals surface area contributed by atoms with E-state index in [0.717, 1.165) is 56.1 Å². The highest BCUT2D eigenvalue weighted by atomic mass is 16.4. The lowest BCUT2D eigenvalue weighted by atomic mass is 9.78. The highest BCUT2D eigenvalue weighted by molar-refractivity contribution is 6.15. The Bertz CT molecular complexity index is 4230. The average Bonchev–Trinajstić information content (AvgIpc) is 1.44. The fraction of sp³-hybridized carbons (Fsp3) is 0.629. The van der Waals surface area contributed by atoms with Gasteiger partial charge < -0.3 is 65.3 Å². The molecule has 0 aromatic heterocycles. The number of carboxylic acid groups (broad SMARTS) is 1. The standard InChI is InChI=1S/C25H38N2O7.C24H38N6O7.C22H33N5O7.C18H26N2O5/c1-16(2)23(18(28)15-17(10-13-22(32)33)24(34)25(3,4)5)26-19(29)9-7-6-8-14-27-20(30)11-12-21(27)31;1-24(2,3)21(35)15(6-4-11-27-22(25)36)14-17(31)16(7-5-12-28-23(26)37)29-18(32)10-13-30-19(33)8-9-20(30)34;1-22(2,3)20(33)13(5-4-9-25-21(24)34)11-15(28)14(12-16(23)29)26-17(30)8-10-27-18(31)6-7-19(27)32;1-11(17(25)18(3,4)5)10-13(21)12(2)19-14(22)8-9-20-15(23)6-7-16(20)24/h11-12,16-17,23H,6-10,13-15H2,1-5H3,(H,26,29)(H,32,33);8-9,15-16H,4-7,10-14H2,1-3H3,(H,29,32)(H3,25,27,36)(H3,26,28,37);6-7,13-14H,4-5,8-12H2,1-3H3,(H2,23,29)(H,26,30)(H3,24,25,34);6-7,11-12H,8-10H2,1-5H3,(H,19,22)/t17-,23+;15-,16+;13-,14+;11-,12+/m1111/s1. The van der Waals surface area contributed by atoms with Gasteiger partial charge in [0.2, 0.25) is 29.5 Å². The van der Waals surface area contributed by atoms with Gasteiger partial charge in [0.1, 0.15) is 23.1 Å². The third-order valence-electron chi connectivity index (χ3n) is 20.7. The molecule has 4 rings (SSSR count). The van der Waals surface area contributed by atoms with Gasteiger partial charge in [0.15, 0.2) is 23.1 Å². The maximum Gasteiger partial charge on any atom is 0.312 e. The van der Waals surface area contributed by atoms with Crippen LogP contribution in [0.5, 0.6) is 0 Å². The molecule has 130 heavy (non-hydrogen) atoms. The quantitative estimate of drug-likeness (QED) is 0.0308. The molecule has 0 saturated carbocycles. The van der Waals surface area contributed by atoms with Crippen LogP contribution >= 0.6 is 0 Å². The van der Waals surface area contributed by atoms with Crippen molar-refractivity contribution in [2.75, 3.05) is 45.8 Å². The van der Waals surface area contributed by atoms with Gasteiger partial charge in [0, 0.05) is 198 Å². The summed E-state index contributed by atoms with van der Waals surface area (Å²) in [6, 6.07) is -5.82. The number of nitrogens with zero attached hydrogens (tertiary/aromatic N) is 4. The first-order chi connectivity index (χ1) is 60.1. The Morgan fingerprint density at radius 3 is 0.962 bits per heavy atom. The molecule has 4 aliphatic rings.